The molecule has 162 valence electrons. The highest BCUT2D eigenvalue weighted by Gasteiger charge is 2.60. The number of rotatable bonds is 5. The summed E-state index contributed by atoms with van der Waals surface area (Å²) in [5.74, 6) is -5.24. The molecule has 0 unspecified atom stereocenters. The molecule has 0 radical (unpaired) electrons. The lowest BCUT2D eigenvalue weighted by Crippen LogP contribution is -2.46. The van der Waals surface area contributed by atoms with E-state index in [4.69, 9.17) is 0 Å². The number of hydrogen-bond acceptors (Lipinski definition) is 5. The van der Waals surface area contributed by atoms with Crippen LogP contribution in [0, 0.1) is 5.92 Å². The monoisotopic (exact) mass is 431 g/mol. The Morgan fingerprint density at radius 1 is 1.23 bits per heavy atom. The number of aliphatic hydroxyl groups is 1. The Labute approximate surface area is 167 Å². The summed E-state index contributed by atoms with van der Waals surface area (Å²) < 4.78 is 65.8. The molecule has 1 saturated carbocycles. The van der Waals surface area contributed by atoms with Crippen molar-refractivity contribution in [3.63, 3.8) is 0 Å². The normalized spacial score (nSPS) is 20.7. The van der Waals surface area contributed by atoms with Crippen molar-refractivity contribution in [2.75, 3.05) is 6.61 Å². The van der Waals surface area contributed by atoms with Gasteiger partial charge in [0.05, 0.1) is 30.2 Å². The fourth-order valence-electron chi connectivity index (χ4n) is 3.62. The first-order chi connectivity index (χ1) is 13.9. The Hall–Kier alpha value is -2.63. The minimum Gasteiger partial charge on any atom is -0.394 e. The molecule has 2 N–H and O–H groups in total. The summed E-state index contributed by atoms with van der Waals surface area (Å²) >= 11 is 0. The molecule has 0 aromatic carbocycles. The van der Waals surface area contributed by atoms with E-state index in [9.17, 15) is 31.9 Å². The van der Waals surface area contributed by atoms with Crippen molar-refractivity contribution in [1.29, 1.82) is 0 Å². The summed E-state index contributed by atoms with van der Waals surface area (Å²) in [6.45, 7) is 2.96. The molecule has 2 heterocycles. The van der Waals surface area contributed by atoms with Crippen molar-refractivity contribution < 1.29 is 31.9 Å². The van der Waals surface area contributed by atoms with Gasteiger partial charge in [-0.2, -0.15) is 27.1 Å². The van der Waals surface area contributed by atoms with E-state index in [0.717, 1.165) is 12.6 Å². The number of halogens is 5. The fourth-order valence-corrected chi connectivity index (χ4v) is 3.62. The van der Waals surface area contributed by atoms with Gasteiger partial charge >= 0.3 is 12.1 Å². The van der Waals surface area contributed by atoms with Crippen molar-refractivity contribution in [2.24, 2.45) is 5.92 Å². The zero-order valence-electron chi connectivity index (χ0n) is 16.0. The highest BCUT2D eigenvalue weighted by atomic mass is 19.4. The van der Waals surface area contributed by atoms with E-state index in [2.05, 4.69) is 20.4 Å². The molecule has 7 nitrogen and oxygen atoms in total. The number of aromatic nitrogens is 4. The lowest BCUT2D eigenvalue weighted by molar-refractivity contribution is -0.291. The maximum atomic E-state index is 13.5. The van der Waals surface area contributed by atoms with Gasteiger partial charge in [0.15, 0.2) is 11.5 Å². The molecule has 1 fully saturated rings. The number of aliphatic hydroxyl groups excluding tert-OH is 1. The van der Waals surface area contributed by atoms with Gasteiger partial charge in [-0.25, -0.2) is 14.6 Å². The second kappa shape index (κ2) is 6.43. The van der Waals surface area contributed by atoms with E-state index >= 15 is 0 Å². The Morgan fingerprint density at radius 2 is 1.93 bits per heavy atom. The average molecular weight is 431 g/mol. The first-order valence-electron chi connectivity index (χ1n) is 9.18. The van der Waals surface area contributed by atoms with Gasteiger partial charge in [0.1, 0.15) is 5.69 Å². The maximum Gasteiger partial charge on any atom is 0.459 e. The molecule has 2 aromatic rings. The molecule has 2 aliphatic rings. The Morgan fingerprint density at radius 3 is 2.50 bits per heavy atom. The van der Waals surface area contributed by atoms with Crippen LogP contribution in [0.15, 0.2) is 12.4 Å². The van der Waals surface area contributed by atoms with Crippen molar-refractivity contribution in [2.45, 2.75) is 50.2 Å². The predicted molar refractivity (Wildman–Crippen MR) is 92.3 cm³/mol. The molecule has 2 aromatic heterocycles. The minimum absolute atomic E-state index is 0.0546. The predicted octanol–water partition coefficient (Wildman–Crippen LogP) is 2.48. The standard InChI is InChI=1S/C18H18F5N5O2/c1-16(2,7-29)26-15(30)13-10-4-8-3-9(8)14(10)28(27-13)12-6-24-11(5-25-12)17(19,20)18(21,22)23/h5-6,8-9,29H,3-4,7H2,1-2H3,(H,26,30)/t8-,9-/m1/s1. The van der Waals surface area contributed by atoms with Crippen molar-refractivity contribution in [3.8, 4) is 5.82 Å². The van der Waals surface area contributed by atoms with Crippen LogP contribution in [0.3, 0.4) is 0 Å². The van der Waals surface area contributed by atoms with E-state index in [0.29, 0.717) is 29.8 Å². The number of carbonyl (C=O) groups is 1. The minimum atomic E-state index is -5.79. The van der Waals surface area contributed by atoms with Crippen LogP contribution in [-0.2, 0) is 12.3 Å². The topological polar surface area (TPSA) is 92.9 Å². The van der Waals surface area contributed by atoms with Crippen LogP contribution in [0.5, 0.6) is 0 Å². The number of nitrogens with one attached hydrogen (secondary N) is 1. The van der Waals surface area contributed by atoms with Gasteiger partial charge in [-0.15, -0.1) is 0 Å². The SMILES string of the molecule is CC(C)(CO)NC(=O)c1nn(-c2cnc(C(F)(F)C(F)(F)F)cn2)c2c1C[C@H]1C[C@@H]21. The summed E-state index contributed by atoms with van der Waals surface area (Å²) in [6, 6.07) is 0. The van der Waals surface area contributed by atoms with Crippen LogP contribution < -0.4 is 5.32 Å². The largest absolute Gasteiger partial charge is 0.459 e. The summed E-state index contributed by atoms with van der Waals surface area (Å²) in [4.78, 5) is 19.6. The van der Waals surface area contributed by atoms with Crippen LogP contribution in [0.4, 0.5) is 22.0 Å². The molecule has 12 heteroatoms. The molecule has 1 amide bonds. The van der Waals surface area contributed by atoms with Crippen molar-refractivity contribution >= 4 is 5.91 Å². The van der Waals surface area contributed by atoms with Crippen LogP contribution in [-0.4, -0.2) is 49.1 Å². The fraction of sp³-hybridized carbons (Fsp3) is 0.556. The zero-order valence-corrected chi connectivity index (χ0v) is 16.0. The number of carbonyl (C=O) groups excluding carboxylic acids is 1. The quantitative estimate of drug-likeness (QED) is 0.710. The average Bonchev–Trinajstić information content (AvgIpc) is 3.16. The first-order valence-corrected chi connectivity index (χ1v) is 9.18. The molecule has 30 heavy (non-hydrogen) atoms. The third-order valence-corrected chi connectivity index (χ3v) is 5.36. The number of fused-ring (bicyclic) bond motifs is 3. The third-order valence-electron chi connectivity index (χ3n) is 5.36. The zero-order chi connectivity index (χ0) is 22.1. The van der Waals surface area contributed by atoms with Gasteiger partial charge in [0.2, 0.25) is 0 Å². The summed E-state index contributed by atoms with van der Waals surface area (Å²) in [5, 5.41) is 16.3. The van der Waals surface area contributed by atoms with Crippen molar-refractivity contribution in [1.82, 2.24) is 25.1 Å². The molecule has 0 spiro atoms. The van der Waals surface area contributed by atoms with E-state index in [-0.39, 0.29) is 24.0 Å². The number of alkyl halides is 5. The summed E-state index contributed by atoms with van der Waals surface area (Å²) in [5.41, 5.74) is -0.912. The second-order valence-corrected chi connectivity index (χ2v) is 8.26. The molecular formula is C18H18F5N5O2. The van der Waals surface area contributed by atoms with Crippen molar-refractivity contribution in [3.05, 3.63) is 35.0 Å². The van der Waals surface area contributed by atoms with Gasteiger partial charge in [-0.3, -0.25) is 4.79 Å². The Bertz CT molecular complexity index is 1000. The van der Waals surface area contributed by atoms with Gasteiger partial charge in [0, 0.05) is 11.5 Å². The molecule has 2 atom stereocenters. The Balaban J connectivity index is 1.70. The first kappa shape index (κ1) is 20.6. The van der Waals surface area contributed by atoms with Gasteiger partial charge in [-0.1, -0.05) is 0 Å². The number of amides is 1. The van der Waals surface area contributed by atoms with E-state index in [1.54, 1.807) is 13.8 Å². The van der Waals surface area contributed by atoms with Gasteiger partial charge in [0.25, 0.3) is 5.91 Å². The molecule has 4 rings (SSSR count). The summed E-state index contributed by atoms with van der Waals surface area (Å²) in [6.07, 6.45) is -3.15. The summed E-state index contributed by atoms with van der Waals surface area (Å²) in [7, 11) is 0. The smallest absolute Gasteiger partial charge is 0.394 e. The maximum absolute atomic E-state index is 13.5. The van der Waals surface area contributed by atoms with Gasteiger partial charge in [-0.05, 0) is 32.6 Å². The Kier molecular flexibility index (Phi) is 4.42. The molecular weight excluding hydrogens is 413 g/mol. The second-order valence-electron chi connectivity index (χ2n) is 8.26. The van der Waals surface area contributed by atoms with E-state index < -0.39 is 29.2 Å². The lowest BCUT2D eigenvalue weighted by Gasteiger charge is -2.23. The highest BCUT2D eigenvalue weighted by molar-refractivity contribution is 5.95. The molecule has 0 aliphatic heterocycles. The molecule has 2 aliphatic carbocycles. The van der Waals surface area contributed by atoms with Gasteiger partial charge < -0.3 is 10.4 Å². The lowest BCUT2D eigenvalue weighted by atomic mass is 10.1. The number of hydrogen-bond donors (Lipinski definition) is 2. The molecule has 0 saturated heterocycles. The van der Waals surface area contributed by atoms with Crippen LogP contribution in [0.2, 0.25) is 0 Å². The van der Waals surface area contributed by atoms with E-state index in [1.165, 1.54) is 4.68 Å². The van der Waals surface area contributed by atoms with E-state index in [1.807, 2.05) is 0 Å². The highest BCUT2D eigenvalue weighted by Crippen LogP contribution is 2.57. The number of nitrogens with zero attached hydrogens (tertiary/aromatic N) is 4. The third kappa shape index (κ3) is 3.22. The van der Waals surface area contributed by atoms with Crippen LogP contribution >= 0.6 is 0 Å². The van der Waals surface area contributed by atoms with Crippen LogP contribution in [0.1, 0.15) is 53.6 Å². The molecule has 0 bridgehead atoms. The van der Waals surface area contributed by atoms with Crippen LogP contribution in [0.25, 0.3) is 5.82 Å².